The van der Waals surface area contributed by atoms with E-state index in [4.69, 9.17) is 5.11 Å². The van der Waals surface area contributed by atoms with Crippen LogP contribution in [-0.2, 0) is 6.42 Å². The number of carbonyl (C=O) groups excluding carboxylic acids is 1. The molecule has 1 amide bonds. The molecule has 0 fully saturated rings. The Hall–Kier alpha value is -2.09. The molecule has 1 heterocycles. The minimum atomic E-state index is -0.183. The SMILES string of the molecule is O=C(NCCc1ccsc1)c1cccc(C#CCO)c1. The lowest BCUT2D eigenvalue weighted by Crippen LogP contribution is -2.25. The minimum Gasteiger partial charge on any atom is -0.384 e. The van der Waals surface area contributed by atoms with Crippen molar-refractivity contribution in [2.45, 2.75) is 6.42 Å². The molecule has 0 unspecified atom stereocenters. The van der Waals surface area contributed by atoms with Gasteiger partial charge in [-0.05, 0) is 47.0 Å². The molecule has 1 aromatic carbocycles. The van der Waals surface area contributed by atoms with Crippen molar-refractivity contribution in [1.29, 1.82) is 0 Å². The Balaban J connectivity index is 1.91. The molecule has 0 aliphatic rings. The van der Waals surface area contributed by atoms with E-state index < -0.39 is 0 Å². The molecule has 2 rings (SSSR count). The first-order chi connectivity index (χ1) is 9.79. The van der Waals surface area contributed by atoms with Crippen molar-refractivity contribution in [2.75, 3.05) is 13.2 Å². The second-order valence-corrected chi connectivity index (χ2v) is 4.96. The van der Waals surface area contributed by atoms with Gasteiger partial charge >= 0.3 is 0 Å². The largest absolute Gasteiger partial charge is 0.384 e. The second-order valence-electron chi connectivity index (χ2n) is 4.18. The third-order valence-electron chi connectivity index (χ3n) is 2.72. The molecule has 0 aliphatic carbocycles. The molecule has 2 aromatic rings. The van der Waals surface area contributed by atoms with Crippen molar-refractivity contribution < 1.29 is 9.90 Å². The van der Waals surface area contributed by atoms with Crippen molar-refractivity contribution in [3.05, 3.63) is 57.8 Å². The number of benzene rings is 1. The zero-order valence-electron chi connectivity index (χ0n) is 10.9. The molecule has 20 heavy (non-hydrogen) atoms. The first kappa shape index (κ1) is 14.3. The van der Waals surface area contributed by atoms with Gasteiger partial charge in [-0.3, -0.25) is 4.79 Å². The van der Waals surface area contributed by atoms with Crippen LogP contribution >= 0.6 is 11.3 Å². The Labute approximate surface area is 122 Å². The van der Waals surface area contributed by atoms with Crippen molar-refractivity contribution in [3.63, 3.8) is 0 Å². The molecule has 0 saturated heterocycles. The average Bonchev–Trinajstić information content (AvgIpc) is 2.98. The second kappa shape index (κ2) is 7.49. The summed E-state index contributed by atoms with van der Waals surface area (Å²) in [6, 6.07) is 9.13. The van der Waals surface area contributed by atoms with Gasteiger partial charge < -0.3 is 10.4 Å². The van der Waals surface area contributed by atoms with E-state index in [2.05, 4.69) is 28.6 Å². The summed E-state index contributed by atoms with van der Waals surface area (Å²) >= 11 is 1.66. The van der Waals surface area contributed by atoms with Gasteiger partial charge in [0, 0.05) is 17.7 Å². The van der Waals surface area contributed by atoms with Gasteiger partial charge in [-0.15, -0.1) is 0 Å². The topological polar surface area (TPSA) is 49.3 Å². The fourth-order valence-corrected chi connectivity index (χ4v) is 2.44. The van der Waals surface area contributed by atoms with Crippen LogP contribution in [0.15, 0.2) is 41.1 Å². The molecule has 0 atom stereocenters. The van der Waals surface area contributed by atoms with E-state index in [-0.39, 0.29) is 12.5 Å². The quantitative estimate of drug-likeness (QED) is 0.845. The lowest BCUT2D eigenvalue weighted by atomic mass is 10.1. The Kier molecular flexibility index (Phi) is 5.36. The van der Waals surface area contributed by atoms with E-state index in [1.807, 2.05) is 11.4 Å². The standard InChI is InChI=1S/C16H15NO2S/c18-9-2-4-13-3-1-5-15(11-13)16(19)17-8-6-14-7-10-20-12-14/h1,3,5,7,10-12,18H,6,8-9H2,(H,17,19). The van der Waals surface area contributed by atoms with Crippen LogP contribution in [0.2, 0.25) is 0 Å². The maximum absolute atomic E-state index is 12.0. The smallest absolute Gasteiger partial charge is 0.251 e. The summed E-state index contributed by atoms with van der Waals surface area (Å²) in [6.07, 6.45) is 0.833. The van der Waals surface area contributed by atoms with Crippen LogP contribution in [0.25, 0.3) is 0 Å². The molecule has 4 heteroatoms. The maximum Gasteiger partial charge on any atom is 0.251 e. The van der Waals surface area contributed by atoms with Crippen molar-refractivity contribution in [2.24, 2.45) is 0 Å². The third kappa shape index (κ3) is 4.23. The van der Waals surface area contributed by atoms with Gasteiger partial charge in [-0.25, -0.2) is 0 Å². The molecular weight excluding hydrogens is 270 g/mol. The molecular formula is C16H15NO2S. The average molecular weight is 285 g/mol. The highest BCUT2D eigenvalue weighted by molar-refractivity contribution is 7.07. The van der Waals surface area contributed by atoms with Gasteiger partial charge in [0.1, 0.15) is 6.61 Å². The molecule has 1 aromatic heterocycles. The maximum atomic E-state index is 12.0. The molecule has 102 valence electrons. The van der Waals surface area contributed by atoms with Crippen LogP contribution < -0.4 is 5.32 Å². The van der Waals surface area contributed by atoms with E-state index >= 15 is 0 Å². The highest BCUT2D eigenvalue weighted by atomic mass is 32.1. The Bertz CT molecular complexity index is 623. The van der Waals surface area contributed by atoms with Crippen LogP contribution in [0.4, 0.5) is 0 Å². The van der Waals surface area contributed by atoms with Crippen LogP contribution in [-0.4, -0.2) is 24.2 Å². The Morgan fingerprint density at radius 2 is 2.25 bits per heavy atom. The predicted molar refractivity (Wildman–Crippen MR) is 80.8 cm³/mol. The molecule has 0 bridgehead atoms. The lowest BCUT2D eigenvalue weighted by Gasteiger charge is -2.04. The van der Waals surface area contributed by atoms with Crippen molar-refractivity contribution in [1.82, 2.24) is 5.32 Å². The summed E-state index contributed by atoms with van der Waals surface area (Å²) in [4.78, 5) is 12.0. The van der Waals surface area contributed by atoms with Gasteiger partial charge in [0.15, 0.2) is 0 Å². The van der Waals surface area contributed by atoms with Gasteiger partial charge in [0.05, 0.1) is 0 Å². The lowest BCUT2D eigenvalue weighted by molar-refractivity contribution is 0.0954. The van der Waals surface area contributed by atoms with Gasteiger partial charge in [-0.1, -0.05) is 17.9 Å². The van der Waals surface area contributed by atoms with Crippen molar-refractivity contribution >= 4 is 17.2 Å². The highest BCUT2D eigenvalue weighted by Gasteiger charge is 2.05. The van der Waals surface area contributed by atoms with Crippen LogP contribution in [0, 0.1) is 11.8 Å². The first-order valence-electron chi connectivity index (χ1n) is 6.28. The Morgan fingerprint density at radius 3 is 3.00 bits per heavy atom. The number of rotatable bonds is 4. The number of nitrogens with one attached hydrogen (secondary N) is 1. The first-order valence-corrected chi connectivity index (χ1v) is 7.23. The minimum absolute atomic E-state index is 0.104. The number of thiophene rings is 1. The van der Waals surface area contributed by atoms with E-state index in [1.54, 1.807) is 29.5 Å². The number of hydrogen-bond donors (Lipinski definition) is 2. The molecule has 0 spiro atoms. The molecule has 0 radical (unpaired) electrons. The van der Waals surface area contributed by atoms with E-state index in [1.165, 1.54) is 5.56 Å². The zero-order chi connectivity index (χ0) is 14.2. The number of aliphatic hydroxyl groups is 1. The van der Waals surface area contributed by atoms with Gasteiger partial charge in [0.2, 0.25) is 0 Å². The number of carbonyl (C=O) groups is 1. The summed E-state index contributed by atoms with van der Waals surface area (Å²) in [5, 5.41) is 15.7. The van der Waals surface area contributed by atoms with E-state index in [0.717, 1.165) is 12.0 Å². The van der Waals surface area contributed by atoms with Gasteiger partial charge in [-0.2, -0.15) is 11.3 Å². The summed E-state index contributed by atoms with van der Waals surface area (Å²) in [6.45, 7) is 0.430. The summed E-state index contributed by atoms with van der Waals surface area (Å²) in [5.74, 6) is 5.25. The van der Waals surface area contributed by atoms with Crippen molar-refractivity contribution in [3.8, 4) is 11.8 Å². The highest BCUT2D eigenvalue weighted by Crippen LogP contribution is 2.07. The number of aliphatic hydroxyl groups excluding tert-OH is 1. The van der Waals surface area contributed by atoms with Gasteiger partial charge in [0.25, 0.3) is 5.91 Å². The van der Waals surface area contributed by atoms with E-state index in [0.29, 0.717) is 12.1 Å². The molecule has 2 N–H and O–H groups in total. The monoisotopic (exact) mass is 285 g/mol. The van der Waals surface area contributed by atoms with Crippen LogP contribution in [0.3, 0.4) is 0 Å². The molecule has 0 saturated carbocycles. The van der Waals surface area contributed by atoms with E-state index in [9.17, 15) is 4.79 Å². The molecule has 0 aliphatic heterocycles. The van der Waals surface area contributed by atoms with Crippen LogP contribution in [0.1, 0.15) is 21.5 Å². The number of hydrogen-bond acceptors (Lipinski definition) is 3. The predicted octanol–water partition coefficient (Wildman–Crippen LogP) is 2.06. The fraction of sp³-hybridized carbons (Fsp3) is 0.188. The summed E-state index contributed by atoms with van der Waals surface area (Å²) in [5.41, 5.74) is 2.54. The summed E-state index contributed by atoms with van der Waals surface area (Å²) in [7, 11) is 0. The zero-order valence-corrected chi connectivity index (χ0v) is 11.7. The summed E-state index contributed by atoms with van der Waals surface area (Å²) < 4.78 is 0. The number of amides is 1. The normalized spacial score (nSPS) is 9.65. The fourth-order valence-electron chi connectivity index (χ4n) is 1.74. The third-order valence-corrected chi connectivity index (χ3v) is 3.45. The molecule has 3 nitrogen and oxygen atoms in total. The Morgan fingerprint density at radius 1 is 1.35 bits per heavy atom. The van der Waals surface area contributed by atoms with Crippen LogP contribution in [0.5, 0.6) is 0 Å².